The van der Waals surface area contributed by atoms with Gasteiger partial charge in [0.15, 0.2) is 0 Å². The number of nitriles is 2. The first-order valence-electron chi connectivity index (χ1n) is 8.66. The first kappa shape index (κ1) is 18.0. The minimum Gasteiger partial charge on any atom is -0.310 e. The van der Waals surface area contributed by atoms with Crippen LogP contribution in [-0.2, 0) is 0 Å². The quantitative estimate of drug-likeness (QED) is 0.527. The van der Waals surface area contributed by atoms with Crippen LogP contribution in [0.5, 0.6) is 0 Å². The van der Waals surface area contributed by atoms with Gasteiger partial charge in [0.1, 0.15) is 17.7 Å². The molecule has 3 aromatic rings. The van der Waals surface area contributed by atoms with Gasteiger partial charge in [0.2, 0.25) is 0 Å². The lowest BCUT2D eigenvalue weighted by Gasteiger charge is -2.26. The van der Waals surface area contributed by atoms with E-state index in [1.165, 1.54) is 11.1 Å². The Morgan fingerprint density at radius 2 is 1.26 bits per heavy atom. The molecule has 0 fully saturated rings. The molecule has 0 saturated carbocycles. The maximum Gasteiger partial charge on any atom is 0.130 e. The van der Waals surface area contributed by atoms with Crippen molar-refractivity contribution in [2.24, 2.45) is 0 Å². The predicted molar refractivity (Wildman–Crippen MR) is 110 cm³/mol. The number of hydrogen-bond donors (Lipinski definition) is 0. The minimum atomic E-state index is 0.0944. The molecule has 0 saturated heterocycles. The smallest absolute Gasteiger partial charge is 0.130 e. The molecule has 0 spiro atoms. The first-order valence-corrected chi connectivity index (χ1v) is 8.66. The van der Waals surface area contributed by atoms with Crippen molar-refractivity contribution in [3.8, 4) is 12.1 Å². The normalized spacial score (nSPS) is 9.78. The molecule has 0 aliphatic rings. The lowest BCUT2D eigenvalue weighted by atomic mass is 10.1. The third-order valence-electron chi connectivity index (χ3n) is 4.22. The van der Waals surface area contributed by atoms with Crippen LogP contribution in [0.15, 0.2) is 78.4 Å². The monoisotopic (exact) mass is 349 g/mol. The molecule has 0 aromatic heterocycles. The molecule has 0 unspecified atom stereocenters. The van der Waals surface area contributed by atoms with E-state index in [1.807, 2.05) is 36.4 Å². The van der Waals surface area contributed by atoms with Gasteiger partial charge in [-0.15, -0.1) is 0 Å². The van der Waals surface area contributed by atoms with Crippen LogP contribution in [0, 0.1) is 36.5 Å². The molecule has 0 amide bonds. The van der Waals surface area contributed by atoms with Gasteiger partial charge in [-0.05, 0) is 73.0 Å². The van der Waals surface area contributed by atoms with Crippen molar-refractivity contribution < 1.29 is 0 Å². The second-order valence-corrected chi connectivity index (χ2v) is 6.39. The largest absolute Gasteiger partial charge is 0.310 e. The van der Waals surface area contributed by atoms with Crippen molar-refractivity contribution in [3.63, 3.8) is 0 Å². The Morgan fingerprint density at radius 3 is 1.70 bits per heavy atom. The van der Waals surface area contributed by atoms with E-state index in [2.05, 4.69) is 67.3 Å². The zero-order valence-corrected chi connectivity index (χ0v) is 15.3. The summed E-state index contributed by atoms with van der Waals surface area (Å²) in [6, 6.07) is 28.4. The number of allylic oxidation sites excluding steroid dienone is 1. The summed E-state index contributed by atoms with van der Waals surface area (Å²) in [6.45, 7) is 4.16. The van der Waals surface area contributed by atoms with Crippen LogP contribution in [-0.4, -0.2) is 0 Å². The van der Waals surface area contributed by atoms with Crippen LogP contribution in [0.25, 0.3) is 6.08 Å². The number of aryl methyl sites for hydroxylation is 2. The van der Waals surface area contributed by atoms with E-state index in [1.54, 1.807) is 6.08 Å². The molecule has 3 heteroatoms. The van der Waals surface area contributed by atoms with Gasteiger partial charge in [-0.25, -0.2) is 0 Å². The molecule has 3 nitrogen and oxygen atoms in total. The Kier molecular flexibility index (Phi) is 5.36. The highest BCUT2D eigenvalue weighted by molar-refractivity contribution is 5.78. The fourth-order valence-corrected chi connectivity index (χ4v) is 2.96. The Hall–Kier alpha value is -3.82. The van der Waals surface area contributed by atoms with Crippen molar-refractivity contribution in [2.45, 2.75) is 13.8 Å². The van der Waals surface area contributed by atoms with Crippen LogP contribution < -0.4 is 4.90 Å². The molecule has 27 heavy (non-hydrogen) atoms. The second kappa shape index (κ2) is 8.04. The first-order chi connectivity index (χ1) is 13.1. The Bertz CT molecular complexity index is 1000. The minimum absolute atomic E-state index is 0.0944. The average Bonchev–Trinajstić information content (AvgIpc) is 2.68. The summed E-state index contributed by atoms with van der Waals surface area (Å²) in [6.07, 6.45) is 1.59. The molecule has 130 valence electrons. The lowest BCUT2D eigenvalue weighted by molar-refractivity contribution is 1.26. The van der Waals surface area contributed by atoms with Crippen LogP contribution in [0.3, 0.4) is 0 Å². The fraction of sp³-hybridized carbons (Fsp3) is 0.0833. The standard InChI is InChI=1S/C24H19N3/c1-18-5-3-7-23(13-18)27(24-8-4-6-19(2)14-24)22-11-9-20(10-12-22)15-21(16-25)17-26/h3-15H,1-2H3. The molecule has 3 rings (SSSR count). The number of benzene rings is 3. The van der Waals surface area contributed by atoms with Gasteiger partial charge >= 0.3 is 0 Å². The van der Waals surface area contributed by atoms with E-state index in [0.29, 0.717) is 0 Å². The summed E-state index contributed by atoms with van der Waals surface area (Å²) < 4.78 is 0. The highest BCUT2D eigenvalue weighted by atomic mass is 15.1. The van der Waals surface area contributed by atoms with Crippen molar-refractivity contribution in [3.05, 3.63) is 95.1 Å². The predicted octanol–water partition coefficient (Wildman–Crippen LogP) is 6.20. The highest BCUT2D eigenvalue weighted by Gasteiger charge is 2.12. The molecule has 3 aromatic carbocycles. The Balaban J connectivity index is 2.08. The summed E-state index contributed by atoms with van der Waals surface area (Å²) in [4.78, 5) is 2.20. The maximum absolute atomic E-state index is 8.93. The fourth-order valence-electron chi connectivity index (χ4n) is 2.96. The van der Waals surface area contributed by atoms with Crippen LogP contribution in [0.1, 0.15) is 16.7 Å². The molecule has 0 bridgehead atoms. The van der Waals surface area contributed by atoms with Gasteiger partial charge in [0, 0.05) is 17.1 Å². The van der Waals surface area contributed by atoms with E-state index in [4.69, 9.17) is 10.5 Å². The zero-order chi connectivity index (χ0) is 19.2. The van der Waals surface area contributed by atoms with Crippen molar-refractivity contribution in [1.29, 1.82) is 10.5 Å². The van der Waals surface area contributed by atoms with Gasteiger partial charge in [-0.1, -0.05) is 36.4 Å². The highest BCUT2D eigenvalue weighted by Crippen LogP contribution is 2.35. The SMILES string of the molecule is Cc1cccc(N(c2ccc(C=C(C#N)C#N)cc2)c2cccc(C)c2)c1. The summed E-state index contributed by atoms with van der Waals surface area (Å²) in [5.74, 6) is 0. The van der Waals surface area contributed by atoms with Gasteiger partial charge in [-0.3, -0.25) is 0 Å². The lowest BCUT2D eigenvalue weighted by Crippen LogP contribution is -2.10. The molecule has 0 aliphatic carbocycles. The van der Waals surface area contributed by atoms with E-state index in [9.17, 15) is 0 Å². The van der Waals surface area contributed by atoms with Crippen molar-refractivity contribution >= 4 is 23.1 Å². The number of rotatable bonds is 4. The average molecular weight is 349 g/mol. The summed E-state index contributed by atoms with van der Waals surface area (Å²) in [5, 5.41) is 17.9. The van der Waals surface area contributed by atoms with Crippen molar-refractivity contribution in [1.82, 2.24) is 0 Å². The topological polar surface area (TPSA) is 50.8 Å². The van der Waals surface area contributed by atoms with Crippen LogP contribution in [0.4, 0.5) is 17.1 Å². The maximum atomic E-state index is 8.93. The Morgan fingerprint density at radius 1 is 0.741 bits per heavy atom. The van der Waals surface area contributed by atoms with Crippen molar-refractivity contribution in [2.75, 3.05) is 4.90 Å². The third-order valence-corrected chi connectivity index (χ3v) is 4.22. The molecule has 0 N–H and O–H groups in total. The van der Waals surface area contributed by atoms with Crippen LogP contribution >= 0.6 is 0 Å². The van der Waals surface area contributed by atoms with E-state index in [0.717, 1.165) is 22.6 Å². The number of hydrogen-bond acceptors (Lipinski definition) is 3. The molecular weight excluding hydrogens is 330 g/mol. The van der Waals surface area contributed by atoms with Crippen LogP contribution in [0.2, 0.25) is 0 Å². The Labute approximate surface area is 160 Å². The number of anilines is 3. The van der Waals surface area contributed by atoms with E-state index >= 15 is 0 Å². The van der Waals surface area contributed by atoms with E-state index in [-0.39, 0.29) is 5.57 Å². The van der Waals surface area contributed by atoms with Gasteiger partial charge in [0.05, 0.1) is 0 Å². The third kappa shape index (κ3) is 4.24. The number of nitrogens with zero attached hydrogens (tertiary/aromatic N) is 3. The molecule has 0 aliphatic heterocycles. The molecule has 0 atom stereocenters. The summed E-state index contributed by atoms with van der Waals surface area (Å²) >= 11 is 0. The molecule has 0 radical (unpaired) electrons. The van der Waals surface area contributed by atoms with Gasteiger partial charge < -0.3 is 4.90 Å². The summed E-state index contributed by atoms with van der Waals surface area (Å²) in [5.41, 5.74) is 6.48. The molecule has 0 heterocycles. The molecular formula is C24H19N3. The van der Waals surface area contributed by atoms with Gasteiger partial charge in [-0.2, -0.15) is 10.5 Å². The van der Waals surface area contributed by atoms with Gasteiger partial charge in [0.25, 0.3) is 0 Å². The second-order valence-electron chi connectivity index (χ2n) is 6.39. The zero-order valence-electron chi connectivity index (χ0n) is 15.3. The van der Waals surface area contributed by atoms with E-state index < -0.39 is 0 Å². The summed E-state index contributed by atoms with van der Waals surface area (Å²) in [7, 11) is 0.